The van der Waals surface area contributed by atoms with E-state index >= 15 is 0 Å². The molecular weight excluding hydrogens is 378 g/mol. The van der Waals surface area contributed by atoms with Gasteiger partial charge in [0.2, 0.25) is 0 Å². The second-order valence-corrected chi connectivity index (χ2v) is 7.70. The molecule has 0 fully saturated rings. The molecule has 6 aromatic rings. The van der Waals surface area contributed by atoms with Crippen molar-refractivity contribution in [2.24, 2.45) is 0 Å². The molecule has 1 aromatic heterocycles. The van der Waals surface area contributed by atoms with Crippen molar-refractivity contribution in [1.29, 1.82) is 10.7 Å². The number of fused-ring (bicyclic) bond motifs is 8. The first-order valence-electron chi connectivity index (χ1n) is 10.2. The van der Waals surface area contributed by atoms with E-state index < -0.39 is 0 Å². The molecule has 0 aliphatic carbocycles. The number of nitrogens with zero attached hydrogens (tertiary/aromatic N) is 2. The van der Waals surface area contributed by atoms with Gasteiger partial charge in [-0.15, -0.1) is 0 Å². The molecule has 3 heteroatoms. The highest BCUT2D eigenvalue weighted by Gasteiger charge is 2.18. The number of nitrogens with one attached hydrogen (secondary N) is 1. The second kappa shape index (κ2) is 6.55. The third kappa shape index (κ3) is 2.36. The molecule has 0 bridgehead atoms. The lowest BCUT2D eigenvalue weighted by atomic mass is 9.97. The van der Waals surface area contributed by atoms with Crippen LogP contribution in [0.15, 0.2) is 91.0 Å². The SMILES string of the molecule is N#Cc1ccc(-n2c3ccccc3c3c4ccccc4c4ccccc4c32)cc1C=N. The minimum atomic E-state index is 0.509. The molecule has 0 radical (unpaired) electrons. The largest absolute Gasteiger partial charge is 0.309 e. The standard InChI is InChI=1S/C28H17N3/c29-16-18-13-14-20(15-19(18)17-30)31-26-12-6-5-11-25(26)27-23-9-3-1-7-21(23)22-8-2-4-10-24(22)28(27)31/h1-15,17,30H. The first-order valence-corrected chi connectivity index (χ1v) is 10.2. The molecule has 0 aliphatic heterocycles. The normalized spacial score (nSPS) is 11.3. The molecular formula is C28H17N3. The average molecular weight is 395 g/mol. The van der Waals surface area contributed by atoms with Crippen molar-refractivity contribution in [3.05, 3.63) is 102 Å². The summed E-state index contributed by atoms with van der Waals surface area (Å²) in [6, 6.07) is 33.5. The van der Waals surface area contributed by atoms with Gasteiger partial charge in [0, 0.05) is 33.6 Å². The minimum absolute atomic E-state index is 0.509. The van der Waals surface area contributed by atoms with Crippen molar-refractivity contribution in [2.45, 2.75) is 0 Å². The summed E-state index contributed by atoms with van der Waals surface area (Å²) in [5.41, 5.74) is 4.34. The van der Waals surface area contributed by atoms with Crippen molar-refractivity contribution < 1.29 is 0 Å². The van der Waals surface area contributed by atoms with Gasteiger partial charge in [0.25, 0.3) is 0 Å². The fraction of sp³-hybridized carbons (Fsp3) is 0. The molecule has 1 heterocycles. The van der Waals surface area contributed by atoms with Crippen molar-refractivity contribution >= 4 is 49.6 Å². The highest BCUT2D eigenvalue weighted by molar-refractivity contribution is 6.32. The fourth-order valence-electron chi connectivity index (χ4n) is 4.81. The molecule has 144 valence electrons. The van der Waals surface area contributed by atoms with Crippen LogP contribution in [0.2, 0.25) is 0 Å². The Kier molecular flexibility index (Phi) is 3.68. The Labute approximate surface area is 178 Å². The summed E-state index contributed by atoms with van der Waals surface area (Å²) in [5.74, 6) is 0. The van der Waals surface area contributed by atoms with Crippen LogP contribution in [0.4, 0.5) is 0 Å². The van der Waals surface area contributed by atoms with E-state index in [2.05, 4.69) is 83.4 Å². The van der Waals surface area contributed by atoms with Gasteiger partial charge in [0.05, 0.1) is 22.7 Å². The maximum Gasteiger partial charge on any atom is 0.0998 e. The third-order valence-electron chi connectivity index (χ3n) is 6.11. The molecule has 0 spiro atoms. The highest BCUT2D eigenvalue weighted by atomic mass is 15.0. The number of para-hydroxylation sites is 1. The Morgan fingerprint density at radius 2 is 1.32 bits per heavy atom. The monoisotopic (exact) mass is 395 g/mol. The Bertz CT molecular complexity index is 1710. The van der Waals surface area contributed by atoms with Gasteiger partial charge < -0.3 is 9.98 Å². The molecule has 0 saturated heterocycles. The van der Waals surface area contributed by atoms with Gasteiger partial charge in [-0.2, -0.15) is 5.26 Å². The van der Waals surface area contributed by atoms with Gasteiger partial charge in [-0.1, -0.05) is 66.7 Å². The Morgan fingerprint density at radius 3 is 2.03 bits per heavy atom. The number of benzene rings is 5. The molecule has 0 saturated carbocycles. The van der Waals surface area contributed by atoms with E-state index in [-0.39, 0.29) is 0 Å². The lowest BCUT2D eigenvalue weighted by Crippen LogP contribution is -1.98. The summed E-state index contributed by atoms with van der Waals surface area (Å²) in [5, 5.41) is 24.5. The van der Waals surface area contributed by atoms with Crippen LogP contribution in [0.1, 0.15) is 11.1 Å². The van der Waals surface area contributed by atoms with Gasteiger partial charge in [0.1, 0.15) is 0 Å². The van der Waals surface area contributed by atoms with Gasteiger partial charge in [-0.05, 0) is 40.4 Å². The van der Waals surface area contributed by atoms with Crippen LogP contribution in [-0.2, 0) is 0 Å². The third-order valence-corrected chi connectivity index (χ3v) is 6.11. The topological polar surface area (TPSA) is 52.6 Å². The number of nitriles is 1. The van der Waals surface area contributed by atoms with E-state index in [9.17, 15) is 5.26 Å². The Balaban J connectivity index is 1.92. The highest BCUT2D eigenvalue weighted by Crippen LogP contribution is 2.42. The molecule has 3 nitrogen and oxygen atoms in total. The van der Waals surface area contributed by atoms with Crippen LogP contribution in [-0.4, -0.2) is 10.8 Å². The Hall–Kier alpha value is -4.42. The number of hydrogen-bond donors (Lipinski definition) is 1. The van der Waals surface area contributed by atoms with E-state index in [1.165, 1.54) is 38.5 Å². The first-order chi connectivity index (χ1) is 15.3. The lowest BCUT2D eigenvalue weighted by Gasteiger charge is -2.13. The van der Waals surface area contributed by atoms with Gasteiger partial charge in [-0.3, -0.25) is 0 Å². The number of hydrogen-bond acceptors (Lipinski definition) is 2. The van der Waals surface area contributed by atoms with Crippen molar-refractivity contribution in [1.82, 2.24) is 4.57 Å². The van der Waals surface area contributed by atoms with Crippen molar-refractivity contribution in [3.63, 3.8) is 0 Å². The zero-order valence-electron chi connectivity index (χ0n) is 16.6. The molecule has 1 N–H and O–H groups in total. The van der Waals surface area contributed by atoms with E-state index in [0.717, 1.165) is 16.7 Å². The second-order valence-electron chi connectivity index (χ2n) is 7.70. The molecule has 0 amide bonds. The summed E-state index contributed by atoms with van der Waals surface area (Å²) >= 11 is 0. The average Bonchev–Trinajstić information content (AvgIpc) is 3.19. The molecule has 31 heavy (non-hydrogen) atoms. The smallest absolute Gasteiger partial charge is 0.0998 e. The minimum Gasteiger partial charge on any atom is -0.309 e. The van der Waals surface area contributed by atoms with Gasteiger partial charge in [0.15, 0.2) is 0 Å². The zero-order valence-corrected chi connectivity index (χ0v) is 16.6. The lowest BCUT2D eigenvalue weighted by molar-refractivity contribution is 1.18. The molecule has 6 rings (SSSR count). The zero-order chi connectivity index (χ0) is 20.9. The summed E-state index contributed by atoms with van der Waals surface area (Å²) in [6.45, 7) is 0. The van der Waals surface area contributed by atoms with Crippen LogP contribution in [0.25, 0.3) is 49.0 Å². The maximum atomic E-state index is 9.41. The Morgan fingerprint density at radius 1 is 0.710 bits per heavy atom. The quantitative estimate of drug-likeness (QED) is 0.250. The predicted molar refractivity (Wildman–Crippen MR) is 128 cm³/mol. The first kappa shape index (κ1) is 17.4. The summed E-state index contributed by atoms with van der Waals surface area (Å²) in [6.07, 6.45) is 1.25. The van der Waals surface area contributed by atoms with E-state index in [1.807, 2.05) is 12.1 Å². The maximum absolute atomic E-state index is 9.41. The summed E-state index contributed by atoms with van der Waals surface area (Å²) < 4.78 is 2.27. The van der Waals surface area contributed by atoms with Gasteiger partial charge >= 0.3 is 0 Å². The van der Waals surface area contributed by atoms with E-state index in [1.54, 1.807) is 6.07 Å². The molecule has 0 unspecified atom stereocenters. The summed E-state index contributed by atoms with van der Waals surface area (Å²) in [4.78, 5) is 0. The summed E-state index contributed by atoms with van der Waals surface area (Å²) in [7, 11) is 0. The van der Waals surface area contributed by atoms with Crippen molar-refractivity contribution in [2.75, 3.05) is 0 Å². The number of rotatable bonds is 2. The van der Waals surface area contributed by atoms with Crippen LogP contribution >= 0.6 is 0 Å². The fourth-order valence-corrected chi connectivity index (χ4v) is 4.81. The molecule has 0 aliphatic rings. The van der Waals surface area contributed by atoms with E-state index in [4.69, 9.17) is 5.41 Å². The van der Waals surface area contributed by atoms with Crippen LogP contribution in [0, 0.1) is 16.7 Å². The van der Waals surface area contributed by atoms with Crippen LogP contribution < -0.4 is 0 Å². The van der Waals surface area contributed by atoms with Crippen molar-refractivity contribution in [3.8, 4) is 11.8 Å². The number of aromatic nitrogens is 1. The predicted octanol–water partition coefficient (Wildman–Crippen LogP) is 6.96. The van der Waals surface area contributed by atoms with Gasteiger partial charge in [-0.25, -0.2) is 0 Å². The molecule has 5 aromatic carbocycles. The van der Waals surface area contributed by atoms with Crippen LogP contribution in [0.3, 0.4) is 0 Å². The van der Waals surface area contributed by atoms with Crippen LogP contribution in [0.5, 0.6) is 0 Å². The molecule has 0 atom stereocenters. The van der Waals surface area contributed by atoms with E-state index in [0.29, 0.717) is 11.1 Å².